The largest absolute Gasteiger partial charge is 0.380 e. The van der Waals surface area contributed by atoms with Gasteiger partial charge in [-0.3, -0.25) is 4.90 Å². The Kier molecular flexibility index (Phi) is 5.83. The standard InChI is InChI=1S/C16H26N2O/c1-14(18-9-3-4-10-18)11-17-12-15-5-7-16(8-6-15)13-19-2/h5-8,14,17H,3-4,9-13H2,1-2H3. The van der Waals surface area contributed by atoms with Gasteiger partial charge in [0, 0.05) is 26.2 Å². The summed E-state index contributed by atoms with van der Waals surface area (Å²) < 4.78 is 5.12. The van der Waals surface area contributed by atoms with Crippen LogP contribution in [0.1, 0.15) is 30.9 Å². The van der Waals surface area contributed by atoms with Crippen LogP contribution in [0.2, 0.25) is 0 Å². The lowest BCUT2D eigenvalue weighted by Gasteiger charge is -2.24. The molecule has 1 unspecified atom stereocenters. The van der Waals surface area contributed by atoms with E-state index < -0.39 is 0 Å². The Hall–Kier alpha value is -0.900. The Labute approximate surface area is 116 Å². The molecule has 3 nitrogen and oxygen atoms in total. The summed E-state index contributed by atoms with van der Waals surface area (Å²) in [4.78, 5) is 2.58. The maximum atomic E-state index is 5.12. The molecule has 0 spiro atoms. The van der Waals surface area contributed by atoms with Crippen molar-refractivity contribution in [2.24, 2.45) is 0 Å². The average Bonchev–Trinajstić information content (AvgIpc) is 2.95. The Morgan fingerprint density at radius 1 is 1.16 bits per heavy atom. The molecule has 1 aromatic carbocycles. The maximum Gasteiger partial charge on any atom is 0.0713 e. The third-order valence-electron chi connectivity index (χ3n) is 3.87. The number of nitrogens with zero attached hydrogens (tertiary/aromatic N) is 1. The fraction of sp³-hybridized carbons (Fsp3) is 0.625. The van der Waals surface area contributed by atoms with Crippen LogP contribution in [0.4, 0.5) is 0 Å². The molecule has 0 aromatic heterocycles. The minimum atomic E-state index is 0.648. The summed E-state index contributed by atoms with van der Waals surface area (Å²) in [6, 6.07) is 9.30. The van der Waals surface area contributed by atoms with E-state index in [-0.39, 0.29) is 0 Å². The zero-order valence-electron chi connectivity index (χ0n) is 12.2. The second-order valence-electron chi connectivity index (χ2n) is 5.47. The molecule has 1 heterocycles. The highest BCUT2D eigenvalue weighted by Crippen LogP contribution is 2.11. The third-order valence-corrected chi connectivity index (χ3v) is 3.87. The lowest BCUT2D eigenvalue weighted by Crippen LogP contribution is -2.38. The first kappa shape index (κ1) is 14.5. The van der Waals surface area contributed by atoms with Gasteiger partial charge in [-0.15, -0.1) is 0 Å². The van der Waals surface area contributed by atoms with Crippen molar-refractivity contribution in [1.82, 2.24) is 10.2 Å². The summed E-state index contributed by atoms with van der Waals surface area (Å²) in [5, 5.41) is 3.56. The highest BCUT2D eigenvalue weighted by atomic mass is 16.5. The first-order chi connectivity index (χ1) is 9.29. The molecule has 1 aliphatic rings. The number of hydrogen-bond acceptors (Lipinski definition) is 3. The van der Waals surface area contributed by atoms with Crippen LogP contribution in [0.25, 0.3) is 0 Å². The second-order valence-corrected chi connectivity index (χ2v) is 5.47. The van der Waals surface area contributed by atoms with Gasteiger partial charge in [0.25, 0.3) is 0 Å². The van der Waals surface area contributed by atoms with E-state index in [4.69, 9.17) is 4.74 Å². The molecule has 0 radical (unpaired) electrons. The normalized spacial score (nSPS) is 17.8. The second kappa shape index (κ2) is 7.63. The molecule has 3 heteroatoms. The van der Waals surface area contributed by atoms with Crippen LogP contribution in [0.3, 0.4) is 0 Å². The third kappa shape index (κ3) is 4.60. The van der Waals surface area contributed by atoms with Crippen molar-refractivity contribution in [2.75, 3.05) is 26.7 Å². The highest BCUT2D eigenvalue weighted by Gasteiger charge is 2.17. The van der Waals surface area contributed by atoms with Crippen molar-refractivity contribution in [1.29, 1.82) is 0 Å². The predicted molar refractivity (Wildman–Crippen MR) is 79.1 cm³/mol. The summed E-state index contributed by atoms with van der Waals surface area (Å²) >= 11 is 0. The Morgan fingerprint density at radius 3 is 2.42 bits per heavy atom. The topological polar surface area (TPSA) is 24.5 Å². The van der Waals surface area contributed by atoms with Gasteiger partial charge in [-0.05, 0) is 44.0 Å². The Bertz CT molecular complexity index is 358. The number of rotatable bonds is 7. The zero-order valence-corrected chi connectivity index (χ0v) is 12.2. The molecule has 1 fully saturated rings. The number of ether oxygens (including phenoxy) is 1. The smallest absolute Gasteiger partial charge is 0.0713 e. The van der Waals surface area contributed by atoms with Crippen molar-refractivity contribution in [2.45, 2.75) is 39.0 Å². The quantitative estimate of drug-likeness (QED) is 0.816. The zero-order chi connectivity index (χ0) is 13.5. The fourth-order valence-electron chi connectivity index (χ4n) is 2.66. The van der Waals surface area contributed by atoms with Crippen LogP contribution >= 0.6 is 0 Å². The summed E-state index contributed by atoms with van der Waals surface area (Å²) in [6.45, 7) is 7.58. The highest BCUT2D eigenvalue weighted by molar-refractivity contribution is 5.21. The van der Waals surface area contributed by atoms with Crippen molar-refractivity contribution in [3.05, 3.63) is 35.4 Å². The molecule has 0 bridgehead atoms. The Balaban J connectivity index is 1.69. The van der Waals surface area contributed by atoms with Crippen LogP contribution in [0.5, 0.6) is 0 Å². The molecule has 19 heavy (non-hydrogen) atoms. The van der Waals surface area contributed by atoms with Gasteiger partial charge in [0.2, 0.25) is 0 Å². The van der Waals surface area contributed by atoms with E-state index >= 15 is 0 Å². The molecule has 1 atom stereocenters. The molecule has 0 saturated carbocycles. The fourth-order valence-corrected chi connectivity index (χ4v) is 2.66. The molecule has 106 valence electrons. The lowest BCUT2D eigenvalue weighted by molar-refractivity contribution is 0.185. The van der Waals surface area contributed by atoms with Gasteiger partial charge in [-0.2, -0.15) is 0 Å². The molecule has 1 saturated heterocycles. The van der Waals surface area contributed by atoms with Gasteiger partial charge < -0.3 is 10.1 Å². The van der Waals surface area contributed by atoms with Crippen LogP contribution < -0.4 is 5.32 Å². The van der Waals surface area contributed by atoms with Gasteiger partial charge in [0.1, 0.15) is 0 Å². The van der Waals surface area contributed by atoms with Gasteiger partial charge in [-0.25, -0.2) is 0 Å². The molecular formula is C16H26N2O. The molecule has 1 aliphatic heterocycles. The van der Waals surface area contributed by atoms with E-state index in [9.17, 15) is 0 Å². The SMILES string of the molecule is COCc1ccc(CNCC(C)N2CCCC2)cc1. The lowest BCUT2D eigenvalue weighted by atomic mass is 10.1. The molecule has 0 aliphatic carbocycles. The Morgan fingerprint density at radius 2 is 1.79 bits per heavy atom. The van der Waals surface area contributed by atoms with Crippen LogP contribution in [0.15, 0.2) is 24.3 Å². The number of methoxy groups -OCH3 is 1. The summed E-state index contributed by atoms with van der Waals surface area (Å²) in [5.74, 6) is 0. The molecule has 1 aromatic rings. The number of nitrogens with one attached hydrogen (secondary N) is 1. The first-order valence-electron chi connectivity index (χ1n) is 7.31. The average molecular weight is 262 g/mol. The van der Waals surface area contributed by atoms with Crippen molar-refractivity contribution in [3.63, 3.8) is 0 Å². The van der Waals surface area contributed by atoms with Crippen LogP contribution in [-0.4, -0.2) is 37.7 Å². The monoisotopic (exact) mass is 262 g/mol. The molecule has 2 rings (SSSR count). The van der Waals surface area contributed by atoms with Crippen LogP contribution in [0, 0.1) is 0 Å². The van der Waals surface area contributed by atoms with E-state index in [1.165, 1.54) is 37.1 Å². The number of benzene rings is 1. The maximum absolute atomic E-state index is 5.12. The van der Waals surface area contributed by atoms with Gasteiger partial charge >= 0.3 is 0 Å². The number of likely N-dealkylation sites (tertiary alicyclic amines) is 1. The predicted octanol–water partition coefficient (Wildman–Crippen LogP) is 2.41. The first-order valence-corrected chi connectivity index (χ1v) is 7.31. The van der Waals surface area contributed by atoms with E-state index in [1.54, 1.807) is 7.11 Å². The van der Waals surface area contributed by atoms with Crippen molar-refractivity contribution in [3.8, 4) is 0 Å². The van der Waals surface area contributed by atoms with Gasteiger partial charge in [0.05, 0.1) is 6.61 Å². The van der Waals surface area contributed by atoms with E-state index in [1.807, 2.05) is 0 Å². The summed E-state index contributed by atoms with van der Waals surface area (Å²) in [6.07, 6.45) is 2.73. The minimum Gasteiger partial charge on any atom is -0.380 e. The molecule has 0 amide bonds. The minimum absolute atomic E-state index is 0.648. The van der Waals surface area contributed by atoms with E-state index in [2.05, 4.69) is 41.4 Å². The van der Waals surface area contributed by atoms with Gasteiger partial charge in [-0.1, -0.05) is 24.3 Å². The van der Waals surface area contributed by atoms with E-state index in [0.717, 1.165) is 13.1 Å². The summed E-state index contributed by atoms with van der Waals surface area (Å²) in [7, 11) is 1.73. The van der Waals surface area contributed by atoms with E-state index in [0.29, 0.717) is 12.6 Å². The number of hydrogen-bond donors (Lipinski definition) is 1. The van der Waals surface area contributed by atoms with Gasteiger partial charge in [0.15, 0.2) is 0 Å². The summed E-state index contributed by atoms with van der Waals surface area (Å²) in [5.41, 5.74) is 2.57. The molecular weight excluding hydrogens is 236 g/mol. The molecule has 1 N–H and O–H groups in total. The van der Waals surface area contributed by atoms with Crippen LogP contribution in [-0.2, 0) is 17.9 Å². The van der Waals surface area contributed by atoms with Crippen molar-refractivity contribution >= 4 is 0 Å². The van der Waals surface area contributed by atoms with Crippen molar-refractivity contribution < 1.29 is 4.74 Å².